The number of nitrogens with zero attached hydrogens (tertiary/aromatic N) is 2. The molecule has 82 valence electrons. The van der Waals surface area contributed by atoms with E-state index in [0.717, 1.165) is 12.2 Å². The van der Waals surface area contributed by atoms with Gasteiger partial charge in [0, 0.05) is 23.2 Å². The second-order valence-corrected chi connectivity index (χ2v) is 4.90. The molecule has 1 saturated heterocycles. The van der Waals surface area contributed by atoms with Crippen LogP contribution in [0, 0.1) is 0 Å². The highest BCUT2D eigenvalue weighted by Crippen LogP contribution is 2.33. The molecule has 1 fully saturated rings. The fourth-order valence-electron chi connectivity index (χ4n) is 1.71. The lowest BCUT2D eigenvalue weighted by atomic mass is 10.2. The molecule has 0 aromatic carbocycles. The van der Waals surface area contributed by atoms with Crippen molar-refractivity contribution in [2.75, 3.05) is 18.1 Å². The van der Waals surface area contributed by atoms with E-state index in [-0.39, 0.29) is 29.4 Å². The van der Waals surface area contributed by atoms with Crippen molar-refractivity contribution in [3.05, 3.63) is 22.7 Å². The normalized spacial score (nSPS) is 25.7. The average molecular weight is 227 g/mol. The van der Waals surface area contributed by atoms with E-state index in [2.05, 4.69) is 4.98 Å². The third-order valence-corrected chi connectivity index (χ3v) is 3.90. The van der Waals surface area contributed by atoms with Gasteiger partial charge in [0.05, 0.1) is 6.61 Å². The van der Waals surface area contributed by atoms with E-state index in [0.29, 0.717) is 0 Å². The van der Waals surface area contributed by atoms with Gasteiger partial charge in [-0.05, 0) is 12.5 Å². The Labute approximate surface area is 91.3 Å². The van der Waals surface area contributed by atoms with Crippen LogP contribution in [0.2, 0.25) is 0 Å². The standard InChI is InChI=1S/C9H13N3O2S/c10-8-1-2-12(9(14)11-8)6-3-7(4-13)15-5-6/h1-2,6-7,13H,3-5H2,(H2,10,11,14)/t6?,7-/m1/s1. The molecule has 2 atom stereocenters. The first kappa shape index (κ1) is 10.5. The number of nitrogen functional groups attached to an aromatic ring is 1. The molecule has 2 heterocycles. The molecule has 0 amide bonds. The number of thioether (sulfide) groups is 1. The number of hydrogen-bond donors (Lipinski definition) is 2. The number of aliphatic hydroxyl groups excluding tert-OH is 1. The largest absolute Gasteiger partial charge is 0.395 e. The molecule has 0 saturated carbocycles. The molecule has 2 rings (SSSR count). The Morgan fingerprint density at radius 1 is 1.73 bits per heavy atom. The van der Waals surface area contributed by atoms with Crippen LogP contribution in [0.4, 0.5) is 5.82 Å². The molecule has 0 aliphatic carbocycles. The summed E-state index contributed by atoms with van der Waals surface area (Å²) in [5, 5.41) is 9.24. The molecule has 0 spiro atoms. The van der Waals surface area contributed by atoms with Crippen LogP contribution >= 0.6 is 11.8 Å². The predicted molar refractivity (Wildman–Crippen MR) is 59.9 cm³/mol. The quantitative estimate of drug-likeness (QED) is 0.735. The molecule has 0 radical (unpaired) electrons. The number of hydrogen-bond acceptors (Lipinski definition) is 5. The molecule has 1 aliphatic heterocycles. The Balaban J connectivity index is 2.20. The van der Waals surface area contributed by atoms with Gasteiger partial charge in [-0.2, -0.15) is 16.7 Å². The van der Waals surface area contributed by atoms with Gasteiger partial charge >= 0.3 is 5.69 Å². The highest BCUT2D eigenvalue weighted by molar-refractivity contribution is 8.00. The second-order valence-electron chi connectivity index (χ2n) is 3.57. The molecular weight excluding hydrogens is 214 g/mol. The minimum Gasteiger partial charge on any atom is -0.395 e. The molecule has 0 bridgehead atoms. The lowest BCUT2D eigenvalue weighted by Gasteiger charge is -2.12. The van der Waals surface area contributed by atoms with Crippen LogP contribution in [0.1, 0.15) is 12.5 Å². The summed E-state index contributed by atoms with van der Waals surface area (Å²) in [5.74, 6) is 1.09. The van der Waals surface area contributed by atoms with Crippen molar-refractivity contribution in [1.82, 2.24) is 9.55 Å². The Morgan fingerprint density at radius 3 is 3.13 bits per heavy atom. The highest BCUT2D eigenvalue weighted by atomic mass is 32.2. The van der Waals surface area contributed by atoms with Gasteiger partial charge in [-0.3, -0.25) is 4.57 Å². The van der Waals surface area contributed by atoms with Crippen LogP contribution in [0.5, 0.6) is 0 Å². The fourth-order valence-corrected chi connectivity index (χ4v) is 2.97. The Kier molecular flexibility index (Phi) is 2.97. The molecule has 1 aromatic heterocycles. The van der Waals surface area contributed by atoms with Gasteiger partial charge in [0.1, 0.15) is 5.82 Å². The summed E-state index contributed by atoms with van der Waals surface area (Å²) in [6, 6.07) is 1.76. The number of anilines is 1. The summed E-state index contributed by atoms with van der Waals surface area (Å²) in [7, 11) is 0. The molecule has 6 heteroatoms. The molecule has 1 unspecified atom stereocenters. The summed E-state index contributed by atoms with van der Waals surface area (Å²) in [4.78, 5) is 15.2. The van der Waals surface area contributed by atoms with Crippen molar-refractivity contribution in [2.24, 2.45) is 0 Å². The van der Waals surface area contributed by atoms with E-state index in [4.69, 9.17) is 10.8 Å². The van der Waals surface area contributed by atoms with E-state index < -0.39 is 0 Å². The van der Waals surface area contributed by atoms with Crippen molar-refractivity contribution >= 4 is 17.6 Å². The average Bonchev–Trinajstić information content (AvgIpc) is 2.66. The van der Waals surface area contributed by atoms with Crippen LogP contribution < -0.4 is 11.4 Å². The van der Waals surface area contributed by atoms with Gasteiger partial charge in [-0.15, -0.1) is 0 Å². The zero-order valence-corrected chi connectivity index (χ0v) is 8.98. The SMILES string of the molecule is Nc1ccn(C2CS[C@@H](CO)C2)c(=O)n1. The van der Waals surface area contributed by atoms with E-state index in [1.807, 2.05) is 0 Å². The maximum absolute atomic E-state index is 11.5. The topological polar surface area (TPSA) is 81.1 Å². The van der Waals surface area contributed by atoms with Gasteiger partial charge in [0.2, 0.25) is 0 Å². The Morgan fingerprint density at radius 2 is 2.53 bits per heavy atom. The van der Waals surface area contributed by atoms with Crippen molar-refractivity contribution in [2.45, 2.75) is 17.7 Å². The predicted octanol–water partition coefficient (Wildman–Crippen LogP) is -0.136. The van der Waals surface area contributed by atoms with Crippen molar-refractivity contribution in [3.8, 4) is 0 Å². The summed E-state index contributed by atoms with van der Waals surface area (Å²) in [5.41, 5.74) is 5.10. The Hall–Kier alpha value is -1.01. The molecule has 1 aromatic rings. The van der Waals surface area contributed by atoms with E-state index in [9.17, 15) is 4.79 Å². The molecule has 1 aliphatic rings. The van der Waals surface area contributed by atoms with Crippen LogP contribution in [-0.2, 0) is 0 Å². The van der Waals surface area contributed by atoms with Crippen molar-refractivity contribution in [1.29, 1.82) is 0 Å². The van der Waals surface area contributed by atoms with Crippen molar-refractivity contribution < 1.29 is 5.11 Å². The Bertz CT molecular complexity index is 407. The van der Waals surface area contributed by atoms with Gasteiger partial charge in [-0.1, -0.05) is 0 Å². The van der Waals surface area contributed by atoms with Crippen LogP contribution in [0.25, 0.3) is 0 Å². The third kappa shape index (κ3) is 2.15. The van der Waals surface area contributed by atoms with Gasteiger partial charge < -0.3 is 10.8 Å². The monoisotopic (exact) mass is 227 g/mol. The van der Waals surface area contributed by atoms with Gasteiger partial charge in [0.15, 0.2) is 0 Å². The summed E-state index contributed by atoms with van der Waals surface area (Å²) in [6.45, 7) is 0.165. The first-order chi connectivity index (χ1) is 7.20. The van der Waals surface area contributed by atoms with Gasteiger partial charge in [0.25, 0.3) is 0 Å². The maximum Gasteiger partial charge on any atom is 0.349 e. The zero-order valence-electron chi connectivity index (χ0n) is 8.17. The molecule has 5 nitrogen and oxygen atoms in total. The molecular formula is C9H13N3O2S. The maximum atomic E-state index is 11.5. The van der Waals surface area contributed by atoms with Crippen LogP contribution in [0.15, 0.2) is 17.1 Å². The van der Waals surface area contributed by atoms with Gasteiger partial charge in [-0.25, -0.2) is 4.79 Å². The number of rotatable bonds is 2. The van der Waals surface area contributed by atoms with E-state index >= 15 is 0 Å². The lowest BCUT2D eigenvalue weighted by Crippen LogP contribution is -2.27. The first-order valence-electron chi connectivity index (χ1n) is 4.78. The number of aromatic nitrogens is 2. The van der Waals surface area contributed by atoms with E-state index in [1.165, 1.54) is 0 Å². The summed E-state index contributed by atoms with van der Waals surface area (Å²) in [6.07, 6.45) is 2.49. The lowest BCUT2D eigenvalue weighted by molar-refractivity contribution is 0.285. The highest BCUT2D eigenvalue weighted by Gasteiger charge is 2.26. The zero-order chi connectivity index (χ0) is 10.8. The second kappa shape index (κ2) is 4.24. The third-order valence-electron chi connectivity index (χ3n) is 2.51. The number of nitrogens with two attached hydrogens (primary N) is 1. The summed E-state index contributed by atoms with van der Waals surface area (Å²) < 4.78 is 1.60. The van der Waals surface area contributed by atoms with Crippen LogP contribution in [-0.4, -0.2) is 32.3 Å². The smallest absolute Gasteiger partial charge is 0.349 e. The number of aliphatic hydroxyl groups is 1. The minimum absolute atomic E-state index is 0.132. The molecule has 15 heavy (non-hydrogen) atoms. The van der Waals surface area contributed by atoms with E-state index in [1.54, 1.807) is 28.6 Å². The molecule has 3 N–H and O–H groups in total. The summed E-state index contributed by atoms with van der Waals surface area (Å²) >= 11 is 1.69. The minimum atomic E-state index is -0.306. The van der Waals surface area contributed by atoms with Crippen molar-refractivity contribution in [3.63, 3.8) is 0 Å². The first-order valence-corrected chi connectivity index (χ1v) is 5.82. The fraction of sp³-hybridized carbons (Fsp3) is 0.556. The van der Waals surface area contributed by atoms with Crippen LogP contribution in [0.3, 0.4) is 0 Å².